The lowest BCUT2D eigenvalue weighted by molar-refractivity contribution is 0.438. The van der Waals surface area contributed by atoms with Gasteiger partial charge in [0.2, 0.25) is 5.88 Å². The van der Waals surface area contributed by atoms with E-state index in [1.54, 1.807) is 6.07 Å². The summed E-state index contributed by atoms with van der Waals surface area (Å²) in [5.41, 5.74) is 5.67. The molecule has 0 bridgehead atoms. The molecule has 3 nitrogen and oxygen atoms in total. The van der Waals surface area contributed by atoms with Gasteiger partial charge in [-0.3, -0.25) is 0 Å². The molecule has 0 aliphatic carbocycles. The quantitative estimate of drug-likeness (QED) is 0.776. The van der Waals surface area contributed by atoms with Crippen LogP contribution in [-0.4, -0.2) is 5.16 Å². The molecule has 0 radical (unpaired) electrons. The highest BCUT2D eigenvalue weighted by Crippen LogP contribution is 2.38. The molecule has 0 spiro atoms. The molecule has 1 aromatic heterocycles. The van der Waals surface area contributed by atoms with Gasteiger partial charge in [-0.15, -0.1) is 0 Å². The molecule has 0 unspecified atom stereocenters. The van der Waals surface area contributed by atoms with E-state index in [0.717, 1.165) is 6.07 Å². The van der Waals surface area contributed by atoms with Gasteiger partial charge in [0.1, 0.15) is 11.5 Å². The zero-order valence-corrected chi connectivity index (χ0v) is 10.6. The number of hydrogen-bond donors (Lipinski definition) is 1. The summed E-state index contributed by atoms with van der Waals surface area (Å²) in [6, 6.07) is 9.41. The van der Waals surface area contributed by atoms with E-state index in [1.165, 1.54) is 30.3 Å². The second-order valence-electron chi connectivity index (χ2n) is 4.35. The van der Waals surface area contributed by atoms with Crippen LogP contribution in [0.1, 0.15) is 0 Å². The van der Waals surface area contributed by atoms with Crippen molar-refractivity contribution in [2.45, 2.75) is 0 Å². The van der Waals surface area contributed by atoms with Crippen molar-refractivity contribution in [1.82, 2.24) is 5.16 Å². The van der Waals surface area contributed by atoms with Gasteiger partial charge in [-0.1, -0.05) is 29.4 Å². The number of nitrogens with two attached hydrogens (primary N) is 1. The second kappa shape index (κ2) is 4.97. The smallest absolute Gasteiger partial charge is 0.230 e. The molecule has 2 aromatic carbocycles. The average Bonchev–Trinajstić information content (AvgIpc) is 2.84. The number of halogens is 3. The fourth-order valence-corrected chi connectivity index (χ4v) is 2.10. The Labute approximate surface area is 117 Å². The number of benzene rings is 2. The first-order valence-corrected chi connectivity index (χ1v) is 6.04. The number of anilines is 1. The van der Waals surface area contributed by atoms with Gasteiger partial charge in [0.15, 0.2) is 11.6 Å². The Morgan fingerprint density at radius 3 is 2.29 bits per heavy atom. The van der Waals surface area contributed by atoms with Crippen LogP contribution in [0.5, 0.6) is 0 Å². The van der Waals surface area contributed by atoms with Crippen molar-refractivity contribution in [2.24, 2.45) is 0 Å². The summed E-state index contributed by atoms with van der Waals surface area (Å²) in [5.74, 6) is -2.86. The van der Waals surface area contributed by atoms with E-state index in [0.29, 0.717) is 0 Å². The summed E-state index contributed by atoms with van der Waals surface area (Å²) >= 11 is 0. The molecule has 2 N–H and O–H groups in total. The van der Waals surface area contributed by atoms with Crippen molar-refractivity contribution in [3.05, 3.63) is 59.9 Å². The summed E-state index contributed by atoms with van der Waals surface area (Å²) in [4.78, 5) is 0. The third kappa shape index (κ3) is 2.14. The summed E-state index contributed by atoms with van der Waals surface area (Å²) in [5, 5.41) is 3.63. The van der Waals surface area contributed by atoms with Crippen molar-refractivity contribution in [2.75, 3.05) is 5.73 Å². The first-order valence-electron chi connectivity index (χ1n) is 6.04. The molecule has 0 aliphatic heterocycles. The minimum absolute atomic E-state index is 0.0467. The van der Waals surface area contributed by atoms with E-state index < -0.39 is 17.5 Å². The molecule has 1 heterocycles. The molecule has 0 saturated heterocycles. The molecule has 106 valence electrons. The highest BCUT2D eigenvalue weighted by molar-refractivity contribution is 5.87. The van der Waals surface area contributed by atoms with E-state index in [9.17, 15) is 13.2 Å². The fraction of sp³-hybridized carbons (Fsp3) is 0. The topological polar surface area (TPSA) is 52.0 Å². The molecule has 0 aliphatic rings. The Morgan fingerprint density at radius 1 is 0.857 bits per heavy atom. The standard InChI is InChI=1S/C15H9F3N2O/c16-10-6-2-1-4-8(10)12-14(20-21-15(12)19)9-5-3-7-11(17)13(9)18/h1-7H,19H2. The van der Waals surface area contributed by atoms with Gasteiger partial charge >= 0.3 is 0 Å². The maximum absolute atomic E-state index is 13.9. The van der Waals surface area contributed by atoms with Gasteiger partial charge in [0, 0.05) is 11.1 Å². The Morgan fingerprint density at radius 2 is 1.52 bits per heavy atom. The van der Waals surface area contributed by atoms with Crippen LogP contribution in [0.4, 0.5) is 19.1 Å². The lowest BCUT2D eigenvalue weighted by atomic mass is 10.00. The van der Waals surface area contributed by atoms with Gasteiger partial charge in [0.25, 0.3) is 0 Å². The number of nitrogens with zero attached hydrogens (tertiary/aromatic N) is 1. The fourth-order valence-electron chi connectivity index (χ4n) is 2.10. The Balaban J connectivity index is 2.28. The first kappa shape index (κ1) is 13.2. The number of aromatic nitrogens is 1. The van der Waals surface area contributed by atoms with Crippen LogP contribution in [0.3, 0.4) is 0 Å². The van der Waals surface area contributed by atoms with Crippen LogP contribution in [0, 0.1) is 17.5 Å². The molecule has 0 fully saturated rings. The summed E-state index contributed by atoms with van der Waals surface area (Å²) in [7, 11) is 0. The van der Waals surface area contributed by atoms with Crippen LogP contribution in [0.15, 0.2) is 47.0 Å². The number of rotatable bonds is 2. The van der Waals surface area contributed by atoms with Gasteiger partial charge in [-0.2, -0.15) is 0 Å². The van der Waals surface area contributed by atoms with Crippen LogP contribution < -0.4 is 5.73 Å². The molecule has 3 rings (SSSR count). The van der Waals surface area contributed by atoms with Crippen molar-refractivity contribution in [3.63, 3.8) is 0 Å². The summed E-state index contributed by atoms with van der Waals surface area (Å²) in [6.45, 7) is 0. The van der Waals surface area contributed by atoms with Crippen LogP contribution in [-0.2, 0) is 0 Å². The molecular weight excluding hydrogens is 281 g/mol. The largest absolute Gasteiger partial charge is 0.367 e. The Hall–Kier alpha value is -2.76. The second-order valence-corrected chi connectivity index (χ2v) is 4.35. The van der Waals surface area contributed by atoms with Gasteiger partial charge in [0.05, 0.1) is 5.56 Å². The zero-order valence-electron chi connectivity index (χ0n) is 10.6. The maximum Gasteiger partial charge on any atom is 0.230 e. The lowest BCUT2D eigenvalue weighted by Crippen LogP contribution is -1.94. The van der Waals surface area contributed by atoms with Crippen LogP contribution in [0.2, 0.25) is 0 Å². The third-order valence-corrected chi connectivity index (χ3v) is 3.07. The van der Waals surface area contributed by atoms with E-state index in [1.807, 2.05) is 0 Å². The van der Waals surface area contributed by atoms with Gasteiger partial charge in [-0.05, 0) is 18.2 Å². The molecule has 0 atom stereocenters. The van der Waals surface area contributed by atoms with Crippen LogP contribution >= 0.6 is 0 Å². The molecule has 6 heteroatoms. The number of nitrogen functional groups attached to an aromatic ring is 1. The van der Waals surface area contributed by atoms with Crippen molar-refractivity contribution < 1.29 is 17.7 Å². The highest BCUT2D eigenvalue weighted by atomic mass is 19.2. The van der Waals surface area contributed by atoms with Crippen molar-refractivity contribution >= 4 is 5.88 Å². The highest BCUT2D eigenvalue weighted by Gasteiger charge is 2.23. The first-order chi connectivity index (χ1) is 10.1. The van der Waals surface area contributed by atoms with E-state index in [4.69, 9.17) is 10.3 Å². The van der Waals surface area contributed by atoms with E-state index in [-0.39, 0.29) is 28.3 Å². The minimum atomic E-state index is -1.09. The summed E-state index contributed by atoms with van der Waals surface area (Å²) in [6.07, 6.45) is 0. The lowest BCUT2D eigenvalue weighted by Gasteiger charge is -2.05. The van der Waals surface area contributed by atoms with Crippen molar-refractivity contribution in [3.8, 4) is 22.4 Å². The van der Waals surface area contributed by atoms with Crippen LogP contribution in [0.25, 0.3) is 22.4 Å². The molecule has 3 aromatic rings. The SMILES string of the molecule is Nc1onc(-c2cccc(F)c2F)c1-c1ccccc1F. The predicted molar refractivity (Wildman–Crippen MR) is 71.7 cm³/mol. The number of hydrogen-bond acceptors (Lipinski definition) is 3. The van der Waals surface area contributed by atoms with Crippen molar-refractivity contribution in [1.29, 1.82) is 0 Å². The van der Waals surface area contributed by atoms with E-state index >= 15 is 0 Å². The predicted octanol–water partition coefficient (Wildman–Crippen LogP) is 4.01. The van der Waals surface area contributed by atoms with E-state index in [2.05, 4.69) is 5.16 Å². The molecular formula is C15H9F3N2O. The van der Waals surface area contributed by atoms with Gasteiger partial charge in [-0.25, -0.2) is 13.2 Å². The third-order valence-electron chi connectivity index (χ3n) is 3.07. The summed E-state index contributed by atoms with van der Waals surface area (Å²) < 4.78 is 46.0. The van der Waals surface area contributed by atoms with Gasteiger partial charge < -0.3 is 10.3 Å². The average molecular weight is 290 g/mol. The minimum Gasteiger partial charge on any atom is -0.367 e. The Bertz CT molecular complexity index is 814. The maximum atomic E-state index is 13.9. The normalized spacial score (nSPS) is 10.8. The monoisotopic (exact) mass is 290 g/mol. The Kier molecular flexibility index (Phi) is 3.13. The molecule has 0 amide bonds. The molecule has 0 saturated carbocycles. The zero-order chi connectivity index (χ0) is 15.0. The molecule has 21 heavy (non-hydrogen) atoms.